The summed E-state index contributed by atoms with van der Waals surface area (Å²) in [6, 6.07) is 5.69. The summed E-state index contributed by atoms with van der Waals surface area (Å²) in [7, 11) is 0. The van der Waals surface area contributed by atoms with Crippen LogP contribution in [0.15, 0.2) is 24.5 Å². The number of amides is 2. The fourth-order valence-electron chi connectivity index (χ4n) is 5.56. The zero-order chi connectivity index (χ0) is 18.0. The first-order chi connectivity index (χ1) is 12.7. The van der Waals surface area contributed by atoms with Gasteiger partial charge in [-0.3, -0.25) is 9.88 Å². The summed E-state index contributed by atoms with van der Waals surface area (Å²) in [5.74, 6) is 0. The minimum atomic E-state index is 0.101. The number of nitrogens with zero attached hydrogens (tertiary/aromatic N) is 3. The molecule has 1 spiro atoms. The normalized spacial score (nSPS) is 26.5. The second kappa shape index (κ2) is 7.55. The van der Waals surface area contributed by atoms with Crippen LogP contribution in [-0.2, 0) is 0 Å². The van der Waals surface area contributed by atoms with Crippen molar-refractivity contribution in [1.82, 2.24) is 20.1 Å². The van der Waals surface area contributed by atoms with E-state index in [1.54, 1.807) is 0 Å². The summed E-state index contributed by atoms with van der Waals surface area (Å²) in [5, 5.41) is 2.93. The standard InChI is InChI=1S/C21H32N4O/c1-2-23-20(26)24-14-8-18(9-15-24)25-16-21(10-4-3-5-11-21)19(25)17-6-12-22-13-7-17/h6-7,12-13,18-19H,2-5,8-11,14-16H2,1H3,(H,23,26). The van der Waals surface area contributed by atoms with Crippen molar-refractivity contribution in [2.45, 2.75) is 64.0 Å². The number of carbonyl (C=O) groups excluding carboxylic acids is 1. The third-order valence-electron chi connectivity index (χ3n) is 6.83. The van der Waals surface area contributed by atoms with Gasteiger partial charge in [0, 0.05) is 56.1 Å². The molecule has 2 aliphatic heterocycles. The molecule has 1 atom stereocenters. The Kier molecular flexibility index (Phi) is 5.16. The molecule has 1 unspecified atom stereocenters. The number of hydrogen-bond donors (Lipinski definition) is 1. The lowest BCUT2D eigenvalue weighted by Gasteiger charge is -2.63. The summed E-state index contributed by atoms with van der Waals surface area (Å²) in [6.45, 7) is 5.68. The molecule has 3 fully saturated rings. The zero-order valence-corrected chi connectivity index (χ0v) is 16.0. The highest BCUT2D eigenvalue weighted by Gasteiger charge is 2.54. The van der Waals surface area contributed by atoms with Gasteiger partial charge in [0.2, 0.25) is 0 Å². The van der Waals surface area contributed by atoms with Crippen LogP contribution in [0.2, 0.25) is 0 Å². The minimum Gasteiger partial charge on any atom is -0.338 e. The van der Waals surface area contributed by atoms with Crippen LogP contribution in [0.4, 0.5) is 4.79 Å². The molecule has 3 heterocycles. The topological polar surface area (TPSA) is 48.5 Å². The Labute approximate surface area is 157 Å². The van der Waals surface area contributed by atoms with E-state index in [0.29, 0.717) is 24.0 Å². The summed E-state index contributed by atoms with van der Waals surface area (Å²) >= 11 is 0. The summed E-state index contributed by atoms with van der Waals surface area (Å²) < 4.78 is 0. The molecule has 5 nitrogen and oxygen atoms in total. The highest BCUT2D eigenvalue weighted by atomic mass is 16.2. The monoisotopic (exact) mass is 356 g/mol. The summed E-state index contributed by atoms with van der Waals surface area (Å²) in [6.07, 6.45) is 13.0. The lowest BCUT2D eigenvalue weighted by Crippen LogP contribution is -2.64. The average Bonchev–Trinajstić information content (AvgIpc) is 2.68. The molecule has 0 radical (unpaired) electrons. The number of piperidine rings is 1. The lowest BCUT2D eigenvalue weighted by molar-refractivity contribution is -0.132. The molecule has 5 heteroatoms. The van der Waals surface area contributed by atoms with Gasteiger partial charge in [-0.2, -0.15) is 0 Å². The van der Waals surface area contributed by atoms with Crippen molar-refractivity contribution in [3.8, 4) is 0 Å². The second-order valence-corrected chi connectivity index (χ2v) is 8.33. The van der Waals surface area contributed by atoms with Crippen LogP contribution >= 0.6 is 0 Å². The first-order valence-electron chi connectivity index (χ1n) is 10.4. The van der Waals surface area contributed by atoms with Gasteiger partial charge in [0.25, 0.3) is 0 Å². The van der Waals surface area contributed by atoms with Crippen LogP contribution in [-0.4, -0.2) is 53.0 Å². The van der Waals surface area contributed by atoms with Crippen molar-refractivity contribution in [3.05, 3.63) is 30.1 Å². The van der Waals surface area contributed by atoms with Crippen molar-refractivity contribution >= 4 is 6.03 Å². The second-order valence-electron chi connectivity index (χ2n) is 8.33. The molecule has 1 aromatic heterocycles. The maximum Gasteiger partial charge on any atom is 0.317 e. The van der Waals surface area contributed by atoms with E-state index < -0.39 is 0 Å². The molecule has 2 saturated heterocycles. The Morgan fingerprint density at radius 3 is 2.54 bits per heavy atom. The van der Waals surface area contributed by atoms with Crippen molar-refractivity contribution in [2.75, 3.05) is 26.2 Å². The van der Waals surface area contributed by atoms with E-state index in [4.69, 9.17) is 0 Å². The van der Waals surface area contributed by atoms with Crippen LogP contribution in [0.1, 0.15) is 63.5 Å². The van der Waals surface area contributed by atoms with Gasteiger partial charge in [0.1, 0.15) is 0 Å². The molecule has 142 valence electrons. The largest absolute Gasteiger partial charge is 0.338 e. The smallest absolute Gasteiger partial charge is 0.317 e. The molecule has 2 amide bonds. The Hall–Kier alpha value is -1.62. The third kappa shape index (κ3) is 3.22. The van der Waals surface area contributed by atoms with E-state index >= 15 is 0 Å². The Morgan fingerprint density at radius 1 is 1.19 bits per heavy atom. The van der Waals surface area contributed by atoms with E-state index in [-0.39, 0.29) is 6.03 Å². The van der Waals surface area contributed by atoms with E-state index in [1.807, 2.05) is 24.2 Å². The lowest BCUT2D eigenvalue weighted by atomic mass is 9.60. The van der Waals surface area contributed by atoms with Crippen LogP contribution in [0.5, 0.6) is 0 Å². The SMILES string of the molecule is CCNC(=O)N1CCC(N2CC3(CCCCC3)C2c2ccncc2)CC1. The molecule has 0 aromatic carbocycles. The predicted octanol–water partition coefficient (Wildman–Crippen LogP) is 3.58. The van der Waals surface area contributed by atoms with E-state index in [9.17, 15) is 4.79 Å². The van der Waals surface area contributed by atoms with Crippen molar-refractivity contribution in [2.24, 2.45) is 5.41 Å². The van der Waals surface area contributed by atoms with E-state index in [1.165, 1.54) is 44.2 Å². The molecule has 26 heavy (non-hydrogen) atoms. The maximum atomic E-state index is 12.1. The third-order valence-corrected chi connectivity index (χ3v) is 6.83. The molecular formula is C21H32N4O. The van der Waals surface area contributed by atoms with E-state index in [2.05, 4.69) is 27.3 Å². The number of rotatable bonds is 3. The number of nitrogens with one attached hydrogen (secondary N) is 1. The van der Waals surface area contributed by atoms with Gasteiger partial charge in [-0.1, -0.05) is 19.3 Å². The van der Waals surface area contributed by atoms with Gasteiger partial charge in [-0.25, -0.2) is 4.79 Å². The molecule has 1 N–H and O–H groups in total. The average molecular weight is 357 g/mol. The number of pyridine rings is 1. The first kappa shape index (κ1) is 17.8. The maximum absolute atomic E-state index is 12.1. The van der Waals surface area contributed by atoms with Gasteiger partial charge < -0.3 is 10.2 Å². The summed E-state index contributed by atoms with van der Waals surface area (Å²) in [5.41, 5.74) is 1.93. The van der Waals surface area contributed by atoms with Gasteiger partial charge in [0.15, 0.2) is 0 Å². The van der Waals surface area contributed by atoms with Crippen molar-refractivity contribution in [3.63, 3.8) is 0 Å². The van der Waals surface area contributed by atoms with Crippen molar-refractivity contribution in [1.29, 1.82) is 0 Å². The van der Waals surface area contributed by atoms with Crippen LogP contribution in [0, 0.1) is 5.41 Å². The Bertz CT molecular complexity index is 606. The summed E-state index contributed by atoms with van der Waals surface area (Å²) in [4.78, 5) is 21.0. The Balaban J connectivity index is 1.46. The highest BCUT2D eigenvalue weighted by molar-refractivity contribution is 5.74. The minimum absolute atomic E-state index is 0.101. The zero-order valence-electron chi connectivity index (χ0n) is 16.0. The molecule has 0 bridgehead atoms. The van der Waals surface area contributed by atoms with Gasteiger partial charge >= 0.3 is 6.03 Å². The van der Waals surface area contributed by atoms with Crippen LogP contribution in [0.25, 0.3) is 0 Å². The Morgan fingerprint density at radius 2 is 1.88 bits per heavy atom. The molecule has 4 rings (SSSR count). The van der Waals surface area contributed by atoms with Crippen LogP contribution in [0.3, 0.4) is 0 Å². The van der Waals surface area contributed by atoms with Crippen LogP contribution < -0.4 is 5.32 Å². The predicted molar refractivity (Wildman–Crippen MR) is 103 cm³/mol. The van der Waals surface area contributed by atoms with Gasteiger partial charge in [0.05, 0.1) is 0 Å². The first-order valence-corrected chi connectivity index (χ1v) is 10.4. The number of carbonyl (C=O) groups is 1. The number of likely N-dealkylation sites (tertiary alicyclic amines) is 2. The number of aromatic nitrogens is 1. The van der Waals surface area contributed by atoms with Crippen molar-refractivity contribution < 1.29 is 4.79 Å². The number of urea groups is 1. The molecule has 1 aromatic rings. The quantitative estimate of drug-likeness (QED) is 0.900. The van der Waals surface area contributed by atoms with Gasteiger partial charge in [-0.05, 0) is 50.3 Å². The molecule has 3 aliphatic rings. The number of hydrogen-bond acceptors (Lipinski definition) is 3. The molecule has 1 aliphatic carbocycles. The highest BCUT2D eigenvalue weighted by Crippen LogP contribution is 2.58. The molecular weight excluding hydrogens is 324 g/mol. The fraction of sp³-hybridized carbons (Fsp3) is 0.714. The van der Waals surface area contributed by atoms with E-state index in [0.717, 1.165) is 25.9 Å². The van der Waals surface area contributed by atoms with Gasteiger partial charge in [-0.15, -0.1) is 0 Å². The molecule has 1 saturated carbocycles. The fourth-order valence-corrected chi connectivity index (χ4v) is 5.56.